The van der Waals surface area contributed by atoms with E-state index in [0.29, 0.717) is 0 Å². The van der Waals surface area contributed by atoms with Crippen LogP contribution in [-0.4, -0.2) is 4.57 Å². The summed E-state index contributed by atoms with van der Waals surface area (Å²) in [7, 11) is -6.47. The molecule has 0 saturated carbocycles. The van der Waals surface area contributed by atoms with Gasteiger partial charge in [0, 0.05) is 6.92 Å². The molecule has 0 bridgehead atoms. The van der Waals surface area contributed by atoms with Crippen molar-refractivity contribution < 1.29 is 30.3 Å². The number of halogens is 6. The molecule has 1 aromatic rings. The summed E-state index contributed by atoms with van der Waals surface area (Å²) in [5, 5.41) is 0. The van der Waals surface area contributed by atoms with Crippen LogP contribution in [0, 0.1) is 6.92 Å². The van der Waals surface area contributed by atoms with Crippen LogP contribution in [0.5, 0.6) is 0 Å². The minimum Gasteiger partial charge on any atom is -1.00 e. The van der Waals surface area contributed by atoms with Crippen LogP contribution >= 0.6 is 8.16 Å². The van der Waals surface area contributed by atoms with E-state index >= 15 is 0 Å². The molecular weight excluding hydrogens is 281 g/mol. The Balaban J connectivity index is 0. The third-order valence-corrected chi connectivity index (χ3v) is 2.15. The van der Waals surface area contributed by atoms with Crippen molar-refractivity contribution in [2.75, 3.05) is 0 Å². The fraction of sp³-hybridized carbons (Fsp3) is 0.667. The van der Waals surface area contributed by atoms with Gasteiger partial charge in [0.1, 0.15) is 12.4 Å². The molecule has 0 fully saturated rings. The molecule has 0 radical (unpaired) electrons. The fourth-order valence-corrected chi connectivity index (χ4v) is 1.16. The molecule has 1 heterocycles. The van der Waals surface area contributed by atoms with E-state index in [9.17, 15) is 21.0 Å². The van der Waals surface area contributed by atoms with E-state index in [1.165, 1.54) is 18.7 Å². The summed E-state index contributed by atoms with van der Waals surface area (Å²) in [6.07, 6.45) is 6.78. The topological polar surface area (TPSA) is 8.81 Å². The molecule has 0 aliphatic heterocycles. The molecule has 0 saturated heterocycles. The molecule has 0 unspecified atom stereocenters. The van der Waals surface area contributed by atoms with Crippen LogP contribution in [0.25, 0.3) is 0 Å². The molecule has 1 aromatic heterocycles. The van der Waals surface area contributed by atoms with Crippen LogP contribution in [0.3, 0.4) is 0 Å². The van der Waals surface area contributed by atoms with E-state index in [4.69, 9.17) is 0 Å². The Morgan fingerprint density at radius 2 is 1.67 bits per heavy atom. The molecule has 2 nitrogen and oxygen atoms in total. The zero-order valence-electron chi connectivity index (χ0n) is 10.4. The van der Waals surface area contributed by atoms with Gasteiger partial charge in [0.15, 0.2) is 0 Å². The molecule has 1 rings (SSSR count). The number of rotatable bonds is 3. The molecule has 0 aliphatic carbocycles. The minimum absolute atomic E-state index is 0. The van der Waals surface area contributed by atoms with Crippen molar-refractivity contribution in [3.8, 4) is 0 Å². The first-order chi connectivity index (χ1) is 7.49. The standard InChI is InChI=1S/C9H17N2.F5P.FH/c1-4-5-6-11-8-7-10(3)9(11)2;1-6(2,3,4)5;/h7-8H,4-6H2,1-3H3;;1H/q+1;;/p-1. The molecule has 18 heavy (non-hydrogen) atoms. The summed E-state index contributed by atoms with van der Waals surface area (Å²) in [4.78, 5) is 0. The van der Waals surface area contributed by atoms with Crippen LogP contribution in [0.4, 0.5) is 21.0 Å². The van der Waals surface area contributed by atoms with Gasteiger partial charge in [0.2, 0.25) is 0 Å². The SMILES string of the molecule is CCCCn1cc[n+](C)c1C.FP(F)(F)(F)F.[F-]. The van der Waals surface area contributed by atoms with E-state index < -0.39 is 8.16 Å². The van der Waals surface area contributed by atoms with Gasteiger partial charge in [-0.1, -0.05) is 13.3 Å². The van der Waals surface area contributed by atoms with Crippen molar-refractivity contribution in [1.29, 1.82) is 0 Å². The quantitative estimate of drug-likeness (QED) is 0.453. The molecule has 0 atom stereocenters. The number of imidazole rings is 1. The largest absolute Gasteiger partial charge is 1.00 e. The molecule has 0 amide bonds. The van der Waals surface area contributed by atoms with Gasteiger partial charge in [-0.25, -0.2) is 9.13 Å². The normalized spacial score (nSPS) is 12.8. The van der Waals surface area contributed by atoms with Gasteiger partial charge in [-0.15, -0.1) is 0 Å². The summed E-state index contributed by atoms with van der Waals surface area (Å²) in [6.45, 7) is 5.53. The molecule has 0 aromatic carbocycles. The van der Waals surface area contributed by atoms with E-state index in [0.717, 1.165) is 6.54 Å². The summed E-state index contributed by atoms with van der Waals surface area (Å²) in [5.74, 6) is 1.33. The van der Waals surface area contributed by atoms with Gasteiger partial charge in [-0.3, -0.25) is 0 Å². The summed E-state index contributed by atoms with van der Waals surface area (Å²) >= 11 is 0. The monoisotopic (exact) mass is 298 g/mol. The summed E-state index contributed by atoms with van der Waals surface area (Å²) < 4.78 is 53.6. The average Bonchev–Trinajstić information content (AvgIpc) is 2.41. The second-order valence-corrected chi connectivity index (χ2v) is 4.92. The van der Waals surface area contributed by atoms with E-state index in [-0.39, 0.29) is 4.70 Å². The molecule has 9 heteroatoms. The Labute approximate surface area is 102 Å². The fourth-order valence-electron chi connectivity index (χ4n) is 1.16. The maximum absolute atomic E-state index is 9.84. The second kappa shape index (κ2) is 6.97. The van der Waals surface area contributed by atoms with Gasteiger partial charge < -0.3 is 4.70 Å². The number of hydrogen-bond acceptors (Lipinski definition) is 0. The first kappa shape index (κ1) is 19.6. The Bertz CT molecular complexity index is 341. The Morgan fingerprint density at radius 1 is 1.22 bits per heavy atom. The van der Waals surface area contributed by atoms with Crippen LogP contribution < -0.4 is 9.27 Å². The number of nitrogens with zero attached hydrogens (tertiary/aromatic N) is 2. The van der Waals surface area contributed by atoms with Crippen molar-refractivity contribution in [2.24, 2.45) is 7.05 Å². The zero-order valence-corrected chi connectivity index (χ0v) is 11.3. The zero-order chi connectivity index (χ0) is 13.7. The van der Waals surface area contributed by atoms with Crippen LogP contribution in [-0.2, 0) is 13.6 Å². The maximum atomic E-state index is 9.84. The van der Waals surface area contributed by atoms with Gasteiger partial charge in [-0.2, -0.15) is 0 Å². The van der Waals surface area contributed by atoms with Crippen molar-refractivity contribution in [3.63, 3.8) is 0 Å². The average molecular weight is 298 g/mol. The molecule has 110 valence electrons. The first-order valence-electron chi connectivity index (χ1n) is 5.11. The Kier molecular flexibility index (Phi) is 7.57. The van der Waals surface area contributed by atoms with Crippen molar-refractivity contribution in [3.05, 3.63) is 18.2 Å². The predicted molar refractivity (Wildman–Crippen MR) is 57.7 cm³/mol. The smallest absolute Gasteiger partial charge is 1.00 e. The van der Waals surface area contributed by atoms with Gasteiger partial charge in [-0.05, 0) is 6.42 Å². The van der Waals surface area contributed by atoms with Crippen molar-refractivity contribution >= 4 is 8.16 Å². The van der Waals surface area contributed by atoms with Gasteiger partial charge >= 0.3 is 29.1 Å². The van der Waals surface area contributed by atoms with Crippen molar-refractivity contribution in [2.45, 2.75) is 33.2 Å². The van der Waals surface area contributed by atoms with Gasteiger partial charge in [0.25, 0.3) is 5.82 Å². The number of aryl methyl sites for hydroxylation is 2. The minimum atomic E-state index is -8.55. The number of aromatic nitrogens is 2. The number of hydrogen-bond donors (Lipinski definition) is 0. The molecule has 0 spiro atoms. The molecule has 0 aliphatic rings. The third-order valence-electron chi connectivity index (χ3n) is 2.15. The number of unbranched alkanes of at least 4 members (excludes halogenated alkanes) is 1. The second-order valence-electron chi connectivity index (χ2n) is 3.64. The predicted octanol–water partition coefficient (Wildman–Crippen LogP) is 1.39. The Hall–Kier alpha value is -0.780. The maximum Gasteiger partial charge on any atom is -1.00 e. The molecule has 0 N–H and O–H groups in total. The van der Waals surface area contributed by atoms with Gasteiger partial charge in [0.05, 0.1) is 13.6 Å². The van der Waals surface area contributed by atoms with Crippen LogP contribution in [0.1, 0.15) is 25.6 Å². The van der Waals surface area contributed by atoms with Crippen LogP contribution in [0.2, 0.25) is 0 Å². The van der Waals surface area contributed by atoms with E-state index in [1.807, 2.05) is 0 Å². The first-order valence-corrected chi connectivity index (χ1v) is 6.80. The van der Waals surface area contributed by atoms with Crippen LogP contribution in [0.15, 0.2) is 12.4 Å². The summed E-state index contributed by atoms with van der Waals surface area (Å²) in [6, 6.07) is 0. The third kappa shape index (κ3) is 11.7. The molecular formula is C9H17F6N2P. The van der Waals surface area contributed by atoms with E-state index in [2.05, 4.69) is 42.4 Å². The van der Waals surface area contributed by atoms with Crippen molar-refractivity contribution in [1.82, 2.24) is 4.57 Å². The Morgan fingerprint density at radius 3 is 1.94 bits per heavy atom. The summed E-state index contributed by atoms with van der Waals surface area (Å²) in [5.41, 5.74) is 0. The van der Waals surface area contributed by atoms with E-state index in [1.54, 1.807) is 0 Å².